The van der Waals surface area contributed by atoms with Gasteiger partial charge in [0.1, 0.15) is 0 Å². The lowest BCUT2D eigenvalue weighted by molar-refractivity contribution is 0.328. The number of aromatic nitrogens is 3. The molecule has 6 heteroatoms. The van der Waals surface area contributed by atoms with Crippen molar-refractivity contribution in [3.63, 3.8) is 0 Å². The third-order valence-electron chi connectivity index (χ3n) is 8.94. The van der Waals surface area contributed by atoms with Gasteiger partial charge in [0, 0.05) is 33.4 Å². The van der Waals surface area contributed by atoms with Crippen LogP contribution in [0, 0.1) is 0 Å². The second-order valence-corrected chi connectivity index (χ2v) is 13.3. The number of fused-ring (bicyclic) bond motifs is 3. The first-order chi connectivity index (χ1) is 23.1. The molecule has 0 atom stereocenters. The highest BCUT2D eigenvalue weighted by atomic mass is 16.5. The van der Waals surface area contributed by atoms with Gasteiger partial charge < -0.3 is 14.2 Å². The van der Waals surface area contributed by atoms with Crippen LogP contribution in [0.3, 0.4) is 0 Å². The summed E-state index contributed by atoms with van der Waals surface area (Å²) >= 11 is 0. The van der Waals surface area contributed by atoms with Gasteiger partial charge in [-0.2, -0.15) is 0 Å². The second kappa shape index (κ2) is 13.8. The molecule has 48 heavy (non-hydrogen) atoms. The quantitative estimate of drug-likeness (QED) is 0.140. The predicted molar refractivity (Wildman–Crippen MR) is 199 cm³/mol. The maximum Gasteiger partial charge on any atom is 0.221 e. The van der Waals surface area contributed by atoms with Crippen LogP contribution in [-0.4, -0.2) is 34.8 Å². The molecule has 0 amide bonds. The minimum absolute atomic E-state index is 0.244. The topological polar surface area (TPSA) is 66.4 Å². The zero-order valence-corrected chi connectivity index (χ0v) is 29.8. The van der Waals surface area contributed by atoms with Crippen molar-refractivity contribution in [2.24, 2.45) is 0 Å². The number of pyridine rings is 3. The molecule has 3 aromatic carbocycles. The van der Waals surface area contributed by atoms with Crippen molar-refractivity contribution in [1.82, 2.24) is 15.0 Å². The standard InChI is InChI=1S/C42H47N3O3/c1-10-46-40-17-16-30-31(25(6)7)18-27(20-38(30)43-40)34-23-36-32(26(8)9)19-28(21-39(36)45-42(34)48-12-3)33-22-35-29(24(4)5)14-13-15-37(35)44-41(33)47-11-2/h13-26H,10-12H2,1-9H3. The number of ether oxygens (including phenoxy) is 3. The molecular formula is C42H47N3O3. The summed E-state index contributed by atoms with van der Waals surface area (Å²) in [5, 5.41) is 3.38. The highest BCUT2D eigenvalue weighted by Gasteiger charge is 2.21. The molecule has 6 aromatic rings. The van der Waals surface area contributed by atoms with E-state index in [9.17, 15) is 0 Å². The van der Waals surface area contributed by atoms with Crippen LogP contribution in [0.2, 0.25) is 0 Å². The summed E-state index contributed by atoms with van der Waals surface area (Å²) in [6.07, 6.45) is 0. The lowest BCUT2D eigenvalue weighted by atomic mass is 9.90. The van der Waals surface area contributed by atoms with Crippen LogP contribution in [0.5, 0.6) is 17.6 Å². The average Bonchev–Trinajstić information content (AvgIpc) is 3.06. The van der Waals surface area contributed by atoms with Crippen molar-refractivity contribution < 1.29 is 14.2 Å². The number of hydrogen-bond donors (Lipinski definition) is 0. The molecule has 6 nitrogen and oxygen atoms in total. The zero-order valence-electron chi connectivity index (χ0n) is 29.8. The van der Waals surface area contributed by atoms with Gasteiger partial charge in [-0.1, -0.05) is 53.7 Å². The Kier molecular flexibility index (Phi) is 9.54. The smallest absolute Gasteiger partial charge is 0.221 e. The highest BCUT2D eigenvalue weighted by Crippen LogP contribution is 2.42. The maximum absolute atomic E-state index is 6.29. The fourth-order valence-electron chi connectivity index (χ4n) is 6.64. The van der Waals surface area contributed by atoms with E-state index in [0.717, 1.165) is 55.0 Å². The van der Waals surface area contributed by atoms with Gasteiger partial charge >= 0.3 is 0 Å². The van der Waals surface area contributed by atoms with Gasteiger partial charge in [0.15, 0.2) is 0 Å². The fourth-order valence-corrected chi connectivity index (χ4v) is 6.64. The molecule has 6 rings (SSSR count). The monoisotopic (exact) mass is 641 g/mol. The molecule has 0 aliphatic rings. The summed E-state index contributed by atoms with van der Waals surface area (Å²) in [7, 11) is 0. The van der Waals surface area contributed by atoms with E-state index in [0.29, 0.717) is 49.3 Å². The first-order valence-electron chi connectivity index (χ1n) is 17.4. The van der Waals surface area contributed by atoms with E-state index >= 15 is 0 Å². The second-order valence-electron chi connectivity index (χ2n) is 13.3. The molecule has 0 saturated carbocycles. The third kappa shape index (κ3) is 6.28. The SMILES string of the molecule is CCOc1ccc2c(C(C)C)cc(-c3cc4c(C(C)C)cc(-c5cc6c(C(C)C)cccc6nc5OCC)cc4nc3OCC)cc2n1. The number of nitrogens with zero attached hydrogens (tertiary/aromatic N) is 3. The molecule has 0 fully saturated rings. The Morgan fingerprint density at radius 2 is 0.979 bits per heavy atom. The molecule has 0 unspecified atom stereocenters. The largest absolute Gasteiger partial charge is 0.478 e. The van der Waals surface area contributed by atoms with Crippen LogP contribution < -0.4 is 14.2 Å². The summed E-state index contributed by atoms with van der Waals surface area (Å²) < 4.78 is 18.2. The molecule has 0 saturated heterocycles. The Morgan fingerprint density at radius 1 is 0.479 bits per heavy atom. The van der Waals surface area contributed by atoms with Crippen LogP contribution in [-0.2, 0) is 0 Å². The summed E-state index contributed by atoms with van der Waals surface area (Å²) in [6, 6.07) is 23.8. The number of benzene rings is 3. The minimum Gasteiger partial charge on any atom is -0.478 e. The van der Waals surface area contributed by atoms with Gasteiger partial charge in [0.2, 0.25) is 17.6 Å². The summed E-state index contributed by atoms with van der Waals surface area (Å²) in [5.41, 5.74) is 10.4. The van der Waals surface area contributed by atoms with E-state index in [1.165, 1.54) is 16.7 Å². The van der Waals surface area contributed by atoms with Crippen molar-refractivity contribution in [2.75, 3.05) is 19.8 Å². The molecule has 0 radical (unpaired) electrons. The van der Waals surface area contributed by atoms with Crippen molar-refractivity contribution >= 4 is 32.7 Å². The van der Waals surface area contributed by atoms with Gasteiger partial charge in [-0.25, -0.2) is 15.0 Å². The molecule has 3 heterocycles. The molecule has 0 bridgehead atoms. The Balaban J connectivity index is 1.61. The van der Waals surface area contributed by atoms with Gasteiger partial charge in [0.25, 0.3) is 0 Å². The first kappa shape index (κ1) is 33.2. The highest BCUT2D eigenvalue weighted by molar-refractivity contribution is 5.97. The fraction of sp³-hybridized carbons (Fsp3) is 0.357. The summed E-state index contributed by atoms with van der Waals surface area (Å²) in [6.45, 7) is 20.9. The molecule has 0 aliphatic carbocycles. The van der Waals surface area contributed by atoms with E-state index < -0.39 is 0 Å². The van der Waals surface area contributed by atoms with Gasteiger partial charge in [-0.05, 0) is 115 Å². The molecule has 248 valence electrons. The van der Waals surface area contributed by atoms with Crippen LogP contribution in [0.1, 0.15) is 96.8 Å². The van der Waals surface area contributed by atoms with E-state index in [1.807, 2.05) is 26.8 Å². The lowest BCUT2D eigenvalue weighted by Gasteiger charge is -2.19. The zero-order chi connectivity index (χ0) is 34.1. The van der Waals surface area contributed by atoms with Crippen LogP contribution in [0.25, 0.3) is 55.0 Å². The first-order valence-corrected chi connectivity index (χ1v) is 17.4. The van der Waals surface area contributed by atoms with E-state index in [-0.39, 0.29) is 5.92 Å². The summed E-state index contributed by atoms with van der Waals surface area (Å²) in [5.74, 6) is 2.78. The molecule has 0 spiro atoms. The molecular weight excluding hydrogens is 594 g/mol. The van der Waals surface area contributed by atoms with E-state index in [2.05, 4.69) is 102 Å². The normalized spacial score (nSPS) is 11.8. The van der Waals surface area contributed by atoms with Crippen LogP contribution in [0.4, 0.5) is 0 Å². The minimum atomic E-state index is 0.244. The number of rotatable bonds is 11. The molecule has 0 N–H and O–H groups in total. The van der Waals surface area contributed by atoms with Crippen molar-refractivity contribution in [2.45, 2.75) is 80.1 Å². The maximum atomic E-state index is 6.29. The lowest BCUT2D eigenvalue weighted by Crippen LogP contribution is -2.02. The molecule has 3 aromatic heterocycles. The summed E-state index contributed by atoms with van der Waals surface area (Å²) in [4.78, 5) is 15.1. The van der Waals surface area contributed by atoms with Gasteiger partial charge in [0.05, 0.1) is 36.4 Å². The predicted octanol–water partition coefficient (Wildman–Crippen LogP) is 11.2. The van der Waals surface area contributed by atoms with E-state index in [4.69, 9.17) is 29.2 Å². The average molecular weight is 642 g/mol. The Hall–Kier alpha value is -4.71. The van der Waals surface area contributed by atoms with Crippen molar-refractivity contribution in [3.05, 3.63) is 83.4 Å². The van der Waals surface area contributed by atoms with Crippen molar-refractivity contribution in [3.8, 4) is 39.9 Å². The van der Waals surface area contributed by atoms with Crippen molar-refractivity contribution in [1.29, 1.82) is 0 Å². The van der Waals surface area contributed by atoms with Crippen LogP contribution >= 0.6 is 0 Å². The third-order valence-corrected chi connectivity index (χ3v) is 8.94. The Labute approximate surface area is 284 Å². The number of hydrogen-bond acceptors (Lipinski definition) is 6. The molecule has 0 aliphatic heterocycles. The Morgan fingerprint density at radius 3 is 1.52 bits per heavy atom. The van der Waals surface area contributed by atoms with Crippen LogP contribution in [0.15, 0.2) is 66.7 Å². The van der Waals surface area contributed by atoms with E-state index in [1.54, 1.807) is 0 Å². The Bertz CT molecular complexity index is 2120. The van der Waals surface area contributed by atoms with Gasteiger partial charge in [-0.15, -0.1) is 0 Å². The van der Waals surface area contributed by atoms with Gasteiger partial charge in [-0.3, -0.25) is 0 Å².